The summed E-state index contributed by atoms with van der Waals surface area (Å²) < 4.78 is 5.19. The minimum Gasteiger partial charge on any atom is -0.497 e. The number of amides is 3. The topological polar surface area (TPSA) is 84.0 Å². The van der Waals surface area contributed by atoms with Gasteiger partial charge in [-0.25, -0.2) is 0 Å². The Labute approximate surface area is 171 Å². The molecule has 2 aliphatic heterocycles. The monoisotopic (exact) mass is 400 g/mol. The van der Waals surface area contributed by atoms with Crippen LogP contribution in [0, 0.1) is 5.92 Å². The van der Waals surface area contributed by atoms with E-state index in [1.165, 1.54) is 7.05 Å². The number of likely N-dealkylation sites (N-methyl/N-ethyl adjacent to an activating group) is 1. The highest BCUT2D eigenvalue weighted by Gasteiger charge is 2.53. The first-order chi connectivity index (χ1) is 13.8. The molecule has 0 N–H and O–H groups in total. The van der Waals surface area contributed by atoms with Gasteiger partial charge in [0.15, 0.2) is 0 Å². The van der Waals surface area contributed by atoms with E-state index in [1.54, 1.807) is 36.3 Å². The Morgan fingerprint density at radius 1 is 1.21 bits per heavy atom. The summed E-state index contributed by atoms with van der Waals surface area (Å²) in [6.45, 7) is 2.80. The first-order valence-corrected chi connectivity index (χ1v) is 10.1. The molecule has 0 spiro atoms. The highest BCUT2D eigenvalue weighted by atomic mass is 16.5. The number of benzene rings is 1. The summed E-state index contributed by atoms with van der Waals surface area (Å²) in [6, 6.07) is 6.95. The highest BCUT2D eigenvalue weighted by Crippen LogP contribution is 2.40. The largest absolute Gasteiger partial charge is 0.497 e. The molecule has 156 valence electrons. The van der Waals surface area contributed by atoms with E-state index in [0.29, 0.717) is 30.8 Å². The summed E-state index contributed by atoms with van der Waals surface area (Å²) in [5.74, 6) is -0.184. The molecule has 0 unspecified atom stereocenters. The molecular weight excluding hydrogens is 372 g/mol. The fourth-order valence-corrected chi connectivity index (χ4v) is 4.39. The van der Waals surface area contributed by atoms with Crippen molar-refractivity contribution in [2.45, 2.75) is 44.4 Å². The third-order valence-electron chi connectivity index (χ3n) is 6.21. The van der Waals surface area contributed by atoms with E-state index in [-0.39, 0.29) is 42.3 Å². The number of methoxy groups -OCH3 is 1. The van der Waals surface area contributed by atoms with Gasteiger partial charge in [-0.2, -0.15) is 0 Å². The van der Waals surface area contributed by atoms with Crippen molar-refractivity contribution >= 4 is 23.5 Å². The standard InChI is InChI=1S/C22H28N2O5/c1-4-18(25)15-6-5-11-24(14-15)20(27)13-22(12-19(26)23(2)21(22)28)16-7-9-17(29-3)10-8-16/h7-10,15H,4-6,11-14H2,1-3H3/t15-,22+/m1/s1. The Bertz CT molecular complexity index is 819. The minimum absolute atomic E-state index is 0.0361. The molecule has 2 heterocycles. The van der Waals surface area contributed by atoms with Crippen LogP contribution in [0.1, 0.15) is 44.6 Å². The van der Waals surface area contributed by atoms with Crippen molar-refractivity contribution in [2.75, 3.05) is 27.2 Å². The van der Waals surface area contributed by atoms with Crippen molar-refractivity contribution in [3.8, 4) is 5.75 Å². The predicted octanol–water partition coefficient (Wildman–Crippen LogP) is 1.93. The maximum atomic E-state index is 13.2. The molecule has 2 atom stereocenters. The van der Waals surface area contributed by atoms with Gasteiger partial charge in [-0.05, 0) is 30.5 Å². The summed E-state index contributed by atoms with van der Waals surface area (Å²) in [4.78, 5) is 53.5. The molecule has 2 fully saturated rings. The second kappa shape index (κ2) is 8.35. The fourth-order valence-electron chi connectivity index (χ4n) is 4.39. The van der Waals surface area contributed by atoms with Gasteiger partial charge in [0.05, 0.1) is 12.5 Å². The Morgan fingerprint density at radius 3 is 2.45 bits per heavy atom. The summed E-state index contributed by atoms with van der Waals surface area (Å²) in [6.07, 6.45) is 1.90. The molecule has 3 rings (SSSR count). The van der Waals surface area contributed by atoms with E-state index in [4.69, 9.17) is 4.74 Å². The highest BCUT2D eigenvalue weighted by molar-refractivity contribution is 6.10. The number of imide groups is 1. The number of piperidine rings is 1. The molecule has 0 radical (unpaired) electrons. The summed E-state index contributed by atoms with van der Waals surface area (Å²) in [5.41, 5.74) is -0.579. The van der Waals surface area contributed by atoms with E-state index in [0.717, 1.165) is 17.7 Å². The average Bonchev–Trinajstić information content (AvgIpc) is 2.97. The lowest BCUT2D eigenvalue weighted by atomic mass is 9.75. The number of rotatable bonds is 6. The van der Waals surface area contributed by atoms with Gasteiger partial charge in [0.1, 0.15) is 11.5 Å². The van der Waals surface area contributed by atoms with Crippen LogP contribution in [0.4, 0.5) is 0 Å². The molecule has 2 saturated heterocycles. The van der Waals surface area contributed by atoms with Crippen molar-refractivity contribution in [1.29, 1.82) is 0 Å². The Morgan fingerprint density at radius 2 is 1.90 bits per heavy atom. The van der Waals surface area contributed by atoms with Gasteiger partial charge in [0.2, 0.25) is 17.7 Å². The van der Waals surface area contributed by atoms with Gasteiger partial charge >= 0.3 is 0 Å². The molecule has 29 heavy (non-hydrogen) atoms. The summed E-state index contributed by atoms with van der Waals surface area (Å²) >= 11 is 0. The molecular formula is C22H28N2O5. The van der Waals surface area contributed by atoms with Crippen LogP contribution in [0.2, 0.25) is 0 Å². The van der Waals surface area contributed by atoms with Gasteiger partial charge in [-0.3, -0.25) is 24.1 Å². The van der Waals surface area contributed by atoms with Gasteiger partial charge in [-0.1, -0.05) is 19.1 Å². The molecule has 3 amide bonds. The Kier molecular flexibility index (Phi) is 6.05. The van der Waals surface area contributed by atoms with Crippen molar-refractivity contribution in [3.63, 3.8) is 0 Å². The van der Waals surface area contributed by atoms with Crippen LogP contribution in [0.25, 0.3) is 0 Å². The Hall–Kier alpha value is -2.70. The summed E-state index contributed by atoms with van der Waals surface area (Å²) in [5, 5.41) is 0. The number of carbonyl (C=O) groups excluding carboxylic acids is 4. The van der Waals surface area contributed by atoms with Crippen LogP contribution in [0.5, 0.6) is 5.75 Å². The smallest absolute Gasteiger partial charge is 0.240 e. The molecule has 1 aromatic carbocycles. The molecule has 0 bridgehead atoms. The van der Waals surface area contributed by atoms with Crippen LogP contribution in [0.15, 0.2) is 24.3 Å². The van der Waals surface area contributed by atoms with Crippen LogP contribution in [-0.4, -0.2) is 60.6 Å². The summed E-state index contributed by atoms with van der Waals surface area (Å²) in [7, 11) is 3.01. The van der Waals surface area contributed by atoms with E-state index in [9.17, 15) is 19.2 Å². The Balaban J connectivity index is 1.87. The van der Waals surface area contributed by atoms with Crippen LogP contribution >= 0.6 is 0 Å². The molecule has 2 aliphatic rings. The number of likely N-dealkylation sites (tertiary alicyclic amines) is 2. The number of carbonyl (C=O) groups is 4. The zero-order valence-electron chi connectivity index (χ0n) is 17.3. The third kappa shape index (κ3) is 3.91. The van der Waals surface area contributed by atoms with Gasteiger partial charge < -0.3 is 9.64 Å². The first kappa shape index (κ1) is 21.0. The van der Waals surface area contributed by atoms with E-state index >= 15 is 0 Å². The second-order valence-electron chi connectivity index (χ2n) is 7.92. The lowest BCUT2D eigenvalue weighted by Gasteiger charge is -2.35. The lowest BCUT2D eigenvalue weighted by Crippen LogP contribution is -2.46. The number of ether oxygens (including phenoxy) is 1. The van der Waals surface area contributed by atoms with Crippen LogP contribution in [-0.2, 0) is 24.6 Å². The predicted molar refractivity (Wildman–Crippen MR) is 106 cm³/mol. The normalized spacial score (nSPS) is 24.7. The number of nitrogens with zero attached hydrogens (tertiary/aromatic N) is 2. The van der Waals surface area contributed by atoms with E-state index < -0.39 is 5.41 Å². The number of ketones is 1. The van der Waals surface area contributed by atoms with Crippen LogP contribution < -0.4 is 4.74 Å². The zero-order chi connectivity index (χ0) is 21.2. The zero-order valence-corrected chi connectivity index (χ0v) is 17.3. The lowest BCUT2D eigenvalue weighted by molar-refractivity contribution is -0.142. The molecule has 0 aliphatic carbocycles. The number of Topliss-reactive ketones (excluding diaryl/α,β-unsaturated/α-hetero) is 1. The average molecular weight is 400 g/mol. The third-order valence-corrected chi connectivity index (χ3v) is 6.21. The number of hydrogen-bond acceptors (Lipinski definition) is 5. The SMILES string of the molecule is CCC(=O)[C@@H]1CCCN(C(=O)C[C@]2(c3ccc(OC)cc3)CC(=O)N(C)C2=O)C1. The maximum absolute atomic E-state index is 13.2. The van der Waals surface area contributed by atoms with E-state index in [1.807, 2.05) is 6.92 Å². The first-order valence-electron chi connectivity index (χ1n) is 10.1. The maximum Gasteiger partial charge on any atom is 0.240 e. The van der Waals surface area contributed by atoms with Gasteiger partial charge in [0.25, 0.3) is 0 Å². The van der Waals surface area contributed by atoms with Crippen LogP contribution in [0.3, 0.4) is 0 Å². The molecule has 7 nitrogen and oxygen atoms in total. The number of hydrogen-bond donors (Lipinski definition) is 0. The molecule has 7 heteroatoms. The van der Waals surface area contributed by atoms with E-state index in [2.05, 4.69) is 0 Å². The quantitative estimate of drug-likeness (QED) is 0.682. The van der Waals surface area contributed by atoms with Crippen molar-refractivity contribution < 1.29 is 23.9 Å². The molecule has 1 aromatic rings. The molecule has 0 saturated carbocycles. The van der Waals surface area contributed by atoms with Crippen molar-refractivity contribution in [3.05, 3.63) is 29.8 Å². The van der Waals surface area contributed by atoms with Gasteiger partial charge in [-0.15, -0.1) is 0 Å². The fraction of sp³-hybridized carbons (Fsp3) is 0.545. The van der Waals surface area contributed by atoms with Crippen molar-refractivity contribution in [1.82, 2.24) is 9.80 Å². The van der Waals surface area contributed by atoms with Gasteiger partial charge in [0, 0.05) is 45.3 Å². The second-order valence-corrected chi connectivity index (χ2v) is 7.92. The van der Waals surface area contributed by atoms with Crippen molar-refractivity contribution in [2.24, 2.45) is 5.92 Å². The molecule has 0 aromatic heterocycles. The minimum atomic E-state index is -1.21.